The predicted octanol–water partition coefficient (Wildman–Crippen LogP) is 4.95. The molecule has 1 atom stereocenters. The van der Waals surface area contributed by atoms with Gasteiger partial charge in [-0.1, -0.05) is 42.0 Å². The van der Waals surface area contributed by atoms with E-state index in [-0.39, 0.29) is 17.9 Å². The first-order valence-corrected chi connectivity index (χ1v) is 11.7. The number of fused-ring (bicyclic) bond motifs is 1. The van der Waals surface area contributed by atoms with E-state index in [0.717, 1.165) is 40.8 Å². The number of methoxy groups -OCH3 is 1. The molecule has 0 aliphatic carbocycles. The van der Waals surface area contributed by atoms with E-state index in [1.165, 1.54) is 4.90 Å². The summed E-state index contributed by atoms with van der Waals surface area (Å²) in [5.41, 5.74) is 4.19. The number of aryl methyl sites for hydroxylation is 2. The Kier molecular flexibility index (Phi) is 6.03. The second kappa shape index (κ2) is 9.29. The number of ketones is 1. The molecule has 6 nitrogen and oxygen atoms in total. The molecular formula is C29H27NO5. The third-order valence-electron chi connectivity index (χ3n) is 6.57. The predicted molar refractivity (Wildman–Crippen MR) is 132 cm³/mol. The average molecular weight is 470 g/mol. The summed E-state index contributed by atoms with van der Waals surface area (Å²) in [6, 6.07) is 19.8. The van der Waals surface area contributed by atoms with Gasteiger partial charge in [0.25, 0.3) is 11.7 Å². The minimum absolute atomic E-state index is 0.0974. The van der Waals surface area contributed by atoms with Crippen molar-refractivity contribution in [3.63, 3.8) is 0 Å². The zero-order valence-electron chi connectivity index (χ0n) is 19.8. The van der Waals surface area contributed by atoms with Crippen LogP contribution in [0.4, 0.5) is 0 Å². The molecule has 2 heterocycles. The van der Waals surface area contributed by atoms with Crippen molar-refractivity contribution in [3.05, 3.63) is 100 Å². The summed E-state index contributed by atoms with van der Waals surface area (Å²) in [5.74, 6) is -0.0339. The first-order valence-electron chi connectivity index (χ1n) is 11.7. The lowest BCUT2D eigenvalue weighted by Gasteiger charge is -2.26. The number of rotatable bonds is 5. The summed E-state index contributed by atoms with van der Waals surface area (Å²) >= 11 is 0. The van der Waals surface area contributed by atoms with Crippen LogP contribution in [-0.2, 0) is 22.6 Å². The van der Waals surface area contributed by atoms with Gasteiger partial charge >= 0.3 is 0 Å². The summed E-state index contributed by atoms with van der Waals surface area (Å²) in [6.07, 6.45) is 1.73. The quantitative estimate of drug-likeness (QED) is 0.325. The van der Waals surface area contributed by atoms with Crippen molar-refractivity contribution in [2.24, 2.45) is 0 Å². The van der Waals surface area contributed by atoms with Crippen LogP contribution in [0.2, 0.25) is 0 Å². The van der Waals surface area contributed by atoms with Gasteiger partial charge in [0.05, 0.1) is 25.3 Å². The molecule has 2 aliphatic rings. The molecule has 1 unspecified atom stereocenters. The van der Waals surface area contributed by atoms with Crippen LogP contribution in [0.25, 0.3) is 5.76 Å². The molecule has 6 heteroatoms. The van der Waals surface area contributed by atoms with Crippen LogP contribution in [0.5, 0.6) is 11.5 Å². The van der Waals surface area contributed by atoms with E-state index in [2.05, 4.69) is 0 Å². The molecule has 0 saturated carbocycles. The van der Waals surface area contributed by atoms with Gasteiger partial charge in [-0.05, 0) is 66.8 Å². The van der Waals surface area contributed by atoms with Crippen LogP contribution < -0.4 is 9.47 Å². The number of aliphatic hydroxyl groups excluding tert-OH is 1. The van der Waals surface area contributed by atoms with Gasteiger partial charge in [-0.15, -0.1) is 0 Å². The van der Waals surface area contributed by atoms with Gasteiger partial charge in [0.2, 0.25) is 0 Å². The fourth-order valence-corrected chi connectivity index (χ4v) is 4.86. The van der Waals surface area contributed by atoms with E-state index in [1.807, 2.05) is 67.6 Å². The van der Waals surface area contributed by atoms with Crippen LogP contribution in [-0.4, -0.2) is 35.4 Å². The smallest absolute Gasteiger partial charge is 0.295 e. The first-order chi connectivity index (χ1) is 17.0. The maximum Gasteiger partial charge on any atom is 0.295 e. The van der Waals surface area contributed by atoms with Crippen molar-refractivity contribution in [2.45, 2.75) is 32.4 Å². The Morgan fingerprint density at radius 1 is 1.09 bits per heavy atom. The molecule has 2 aliphatic heterocycles. The van der Waals surface area contributed by atoms with Gasteiger partial charge in [0, 0.05) is 12.1 Å². The standard InChI is InChI=1S/C29H27NO5/c1-18-6-3-8-21(14-18)26-25(27(31)22-11-12-24-20(16-22)9-5-13-35-24)28(32)29(33)30(26)17-19-7-4-10-23(15-19)34-2/h3-4,6-8,10-12,14-16,26,31H,5,9,13,17H2,1-2H3/b27-25-. The first kappa shape index (κ1) is 22.7. The molecule has 178 valence electrons. The van der Waals surface area contributed by atoms with Crippen LogP contribution >= 0.6 is 0 Å². The Balaban J connectivity index is 1.62. The molecule has 1 saturated heterocycles. The molecule has 0 bridgehead atoms. The number of carbonyl (C=O) groups is 2. The van der Waals surface area contributed by atoms with Crippen molar-refractivity contribution in [2.75, 3.05) is 13.7 Å². The second-order valence-corrected chi connectivity index (χ2v) is 8.97. The SMILES string of the molecule is COc1cccc(CN2C(=O)C(=O)/C(=C(\O)c3ccc4c(c3)CCCO4)C2c2cccc(C)c2)c1. The summed E-state index contributed by atoms with van der Waals surface area (Å²) < 4.78 is 11.0. The number of hydrogen-bond donors (Lipinski definition) is 1. The van der Waals surface area contributed by atoms with Crippen LogP contribution in [0.15, 0.2) is 72.3 Å². The van der Waals surface area contributed by atoms with Crippen LogP contribution in [0.3, 0.4) is 0 Å². The summed E-state index contributed by atoms with van der Waals surface area (Å²) in [6.45, 7) is 2.83. The summed E-state index contributed by atoms with van der Waals surface area (Å²) in [7, 11) is 1.59. The van der Waals surface area contributed by atoms with E-state index in [4.69, 9.17) is 9.47 Å². The van der Waals surface area contributed by atoms with E-state index in [9.17, 15) is 14.7 Å². The van der Waals surface area contributed by atoms with Crippen LogP contribution in [0, 0.1) is 6.92 Å². The van der Waals surface area contributed by atoms with Crippen molar-refractivity contribution in [1.29, 1.82) is 0 Å². The molecule has 3 aromatic rings. The minimum Gasteiger partial charge on any atom is -0.507 e. The molecule has 3 aromatic carbocycles. The fourth-order valence-electron chi connectivity index (χ4n) is 4.86. The number of hydrogen-bond acceptors (Lipinski definition) is 5. The zero-order valence-corrected chi connectivity index (χ0v) is 19.8. The van der Waals surface area contributed by atoms with E-state index in [1.54, 1.807) is 13.2 Å². The molecule has 0 spiro atoms. The third kappa shape index (κ3) is 4.28. The number of carbonyl (C=O) groups excluding carboxylic acids is 2. The summed E-state index contributed by atoms with van der Waals surface area (Å²) in [5, 5.41) is 11.4. The monoisotopic (exact) mass is 469 g/mol. The van der Waals surface area contributed by atoms with Gasteiger partial charge in [-0.3, -0.25) is 9.59 Å². The highest BCUT2D eigenvalue weighted by atomic mass is 16.5. The lowest BCUT2D eigenvalue weighted by atomic mass is 9.93. The Bertz CT molecular complexity index is 1340. The normalized spacial score (nSPS) is 18.8. The zero-order chi connectivity index (χ0) is 24.5. The number of nitrogens with zero attached hydrogens (tertiary/aromatic N) is 1. The van der Waals surface area contributed by atoms with Crippen molar-refractivity contribution >= 4 is 17.4 Å². The van der Waals surface area contributed by atoms with Crippen molar-refractivity contribution < 1.29 is 24.2 Å². The lowest BCUT2D eigenvalue weighted by molar-refractivity contribution is -0.140. The topological polar surface area (TPSA) is 76.1 Å². The van der Waals surface area contributed by atoms with Crippen LogP contribution in [0.1, 0.15) is 40.3 Å². The molecule has 35 heavy (non-hydrogen) atoms. The van der Waals surface area contributed by atoms with Gasteiger partial charge in [-0.2, -0.15) is 0 Å². The molecule has 5 rings (SSSR count). The number of likely N-dealkylation sites (tertiary alicyclic amines) is 1. The Labute approximate surface area is 204 Å². The average Bonchev–Trinajstić information content (AvgIpc) is 3.13. The largest absolute Gasteiger partial charge is 0.507 e. The molecular weight excluding hydrogens is 442 g/mol. The van der Waals surface area contributed by atoms with E-state index < -0.39 is 17.7 Å². The maximum absolute atomic E-state index is 13.3. The van der Waals surface area contributed by atoms with E-state index >= 15 is 0 Å². The molecule has 0 aromatic heterocycles. The van der Waals surface area contributed by atoms with Gasteiger partial charge in [-0.25, -0.2) is 0 Å². The highest BCUT2D eigenvalue weighted by molar-refractivity contribution is 6.46. The maximum atomic E-state index is 13.3. The molecule has 1 amide bonds. The number of benzene rings is 3. The number of amides is 1. The van der Waals surface area contributed by atoms with Gasteiger partial charge in [0.1, 0.15) is 17.3 Å². The van der Waals surface area contributed by atoms with Gasteiger partial charge in [0.15, 0.2) is 0 Å². The number of ether oxygens (including phenoxy) is 2. The lowest BCUT2D eigenvalue weighted by Crippen LogP contribution is -2.29. The van der Waals surface area contributed by atoms with Gasteiger partial charge < -0.3 is 19.5 Å². The summed E-state index contributed by atoms with van der Waals surface area (Å²) in [4.78, 5) is 28.2. The highest BCUT2D eigenvalue weighted by Crippen LogP contribution is 2.41. The Morgan fingerprint density at radius 3 is 2.71 bits per heavy atom. The van der Waals surface area contributed by atoms with E-state index in [0.29, 0.717) is 17.9 Å². The molecule has 1 N–H and O–H groups in total. The Morgan fingerprint density at radius 2 is 1.91 bits per heavy atom. The number of Topliss-reactive ketones (excluding diaryl/α,β-unsaturated/α-hetero) is 1. The van der Waals surface area contributed by atoms with Crippen molar-refractivity contribution in [1.82, 2.24) is 4.90 Å². The Hall–Kier alpha value is -4.06. The fraction of sp³-hybridized carbons (Fsp3) is 0.241. The highest BCUT2D eigenvalue weighted by Gasteiger charge is 2.46. The minimum atomic E-state index is -0.714. The molecule has 1 fully saturated rings. The second-order valence-electron chi connectivity index (χ2n) is 8.97. The molecule has 0 radical (unpaired) electrons. The third-order valence-corrected chi connectivity index (χ3v) is 6.57. The van der Waals surface area contributed by atoms with Crippen molar-refractivity contribution in [3.8, 4) is 11.5 Å². The number of aliphatic hydroxyl groups is 1.